The van der Waals surface area contributed by atoms with Gasteiger partial charge in [-0.25, -0.2) is 0 Å². The van der Waals surface area contributed by atoms with Crippen LogP contribution in [-0.2, 0) is 28.6 Å². The molecule has 0 rings (SSSR count). The molecular weight excluding hydrogens is 805 g/mol. The zero-order valence-electron chi connectivity index (χ0n) is 43.3. The number of allylic oxidation sites excluding steroid dienone is 8. The standard InChI is InChI=1S/C59H106O6/c1-4-7-10-13-16-19-21-23-25-27-29-30-31-33-34-36-38-40-43-46-49-52-58(61)64-55-56(54-63-57(60)51-48-45-42-18-15-12-9-6-3)65-59(62)53-50-47-44-41-39-37-35-32-28-26-24-22-20-17-14-11-8-5-2/h7,10,16,19,23,25,29-30,56H,4-6,8-9,11-15,17-18,20-22,24,26-28,31-55H2,1-3H3/b10-7-,19-16-,25-23-,30-29-. The van der Waals surface area contributed by atoms with Gasteiger partial charge in [-0.1, -0.05) is 262 Å². The summed E-state index contributed by atoms with van der Waals surface area (Å²) in [4.78, 5) is 38.0. The van der Waals surface area contributed by atoms with Crippen LogP contribution in [0.4, 0.5) is 0 Å². The van der Waals surface area contributed by atoms with E-state index in [9.17, 15) is 14.4 Å². The van der Waals surface area contributed by atoms with E-state index >= 15 is 0 Å². The zero-order valence-corrected chi connectivity index (χ0v) is 43.3. The molecule has 0 aromatic heterocycles. The largest absolute Gasteiger partial charge is 0.462 e. The smallest absolute Gasteiger partial charge is 0.306 e. The van der Waals surface area contributed by atoms with Crippen molar-refractivity contribution in [3.8, 4) is 0 Å². The third-order valence-corrected chi connectivity index (χ3v) is 12.3. The molecule has 0 spiro atoms. The topological polar surface area (TPSA) is 78.9 Å². The molecule has 0 bridgehead atoms. The summed E-state index contributed by atoms with van der Waals surface area (Å²) in [6.07, 6.45) is 65.4. The lowest BCUT2D eigenvalue weighted by Crippen LogP contribution is -2.30. The molecule has 0 amide bonds. The predicted octanol–water partition coefficient (Wildman–Crippen LogP) is 18.7. The molecule has 0 fully saturated rings. The summed E-state index contributed by atoms with van der Waals surface area (Å²) in [5.41, 5.74) is 0. The van der Waals surface area contributed by atoms with Gasteiger partial charge in [-0.3, -0.25) is 14.4 Å². The lowest BCUT2D eigenvalue weighted by Gasteiger charge is -2.18. The van der Waals surface area contributed by atoms with Crippen LogP contribution in [0.5, 0.6) is 0 Å². The van der Waals surface area contributed by atoms with Crippen LogP contribution < -0.4 is 0 Å². The number of hydrogen-bond donors (Lipinski definition) is 0. The SMILES string of the molecule is CC/C=C\C/C=C\C/C=C\C/C=C\CCCCCCCCCCC(=O)OCC(COC(=O)CCCCCCCCCC)OC(=O)CCCCCCCCCCCCCCCCCCCC. The lowest BCUT2D eigenvalue weighted by atomic mass is 10.0. The van der Waals surface area contributed by atoms with E-state index in [0.717, 1.165) is 89.9 Å². The lowest BCUT2D eigenvalue weighted by molar-refractivity contribution is -0.167. The Morgan fingerprint density at radius 3 is 0.938 bits per heavy atom. The summed E-state index contributed by atoms with van der Waals surface area (Å²) in [6.45, 7) is 6.52. The van der Waals surface area contributed by atoms with Gasteiger partial charge >= 0.3 is 17.9 Å². The second kappa shape index (κ2) is 54.0. The molecule has 1 atom stereocenters. The minimum atomic E-state index is -0.771. The number of rotatable bonds is 51. The Morgan fingerprint density at radius 2 is 0.600 bits per heavy atom. The molecule has 0 N–H and O–H groups in total. The molecule has 6 nitrogen and oxygen atoms in total. The van der Waals surface area contributed by atoms with Gasteiger partial charge < -0.3 is 14.2 Å². The van der Waals surface area contributed by atoms with Gasteiger partial charge in [0.1, 0.15) is 13.2 Å². The molecule has 0 saturated heterocycles. The van der Waals surface area contributed by atoms with Gasteiger partial charge in [0.15, 0.2) is 6.10 Å². The summed E-state index contributed by atoms with van der Waals surface area (Å²) in [6, 6.07) is 0. The Hall–Kier alpha value is -2.63. The van der Waals surface area contributed by atoms with Gasteiger partial charge in [-0.15, -0.1) is 0 Å². The van der Waals surface area contributed by atoms with Crippen molar-refractivity contribution in [2.45, 2.75) is 297 Å². The normalized spacial score (nSPS) is 12.4. The average Bonchev–Trinajstić information content (AvgIpc) is 3.30. The third kappa shape index (κ3) is 52.2. The molecule has 6 heteroatoms. The molecular formula is C59H106O6. The summed E-state index contributed by atoms with van der Waals surface area (Å²) in [5, 5.41) is 0. The molecule has 65 heavy (non-hydrogen) atoms. The Kier molecular flexibility index (Phi) is 51.8. The first-order chi connectivity index (χ1) is 32.0. The van der Waals surface area contributed by atoms with E-state index in [4.69, 9.17) is 14.2 Å². The number of ether oxygens (including phenoxy) is 3. The van der Waals surface area contributed by atoms with Gasteiger partial charge in [0.05, 0.1) is 0 Å². The Morgan fingerprint density at radius 1 is 0.323 bits per heavy atom. The molecule has 0 heterocycles. The van der Waals surface area contributed by atoms with E-state index in [2.05, 4.69) is 69.4 Å². The van der Waals surface area contributed by atoms with E-state index in [1.165, 1.54) is 161 Å². The van der Waals surface area contributed by atoms with Crippen molar-refractivity contribution in [1.29, 1.82) is 0 Å². The van der Waals surface area contributed by atoms with E-state index in [1.54, 1.807) is 0 Å². The zero-order chi connectivity index (χ0) is 47.2. The molecule has 0 saturated carbocycles. The van der Waals surface area contributed by atoms with E-state index in [-0.39, 0.29) is 31.1 Å². The van der Waals surface area contributed by atoms with Crippen molar-refractivity contribution in [3.05, 3.63) is 48.6 Å². The molecule has 0 aliphatic heterocycles. The molecule has 0 aromatic carbocycles. The number of carbonyl (C=O) groups is 3. The predicted molar refractivity (Wildman–Crippen MR) is 279 cm³/mol. The van der Waals surface area contributed by atoms with Crippen LogP contribution in [0.3, 0.4) is 0 Å². The highest BCUT2D eigenvalue weighted by atomic mass is 16.6. The fourth-order valence-electron chi connectivity index (χ4n) is 8.14. The molecule has 0 aliphatic rings. The average molecular weight is 911 g/mol. The molecule has 0 aliphatic carbocycles. The maximum absolute atomic E-state index is 12.8. The number of unbranched alkanes of at least 4 members (excludes halogenated alkanes) is 32. The number of carbonyl (C=O) groups excluding carboxylic acids is 3. The second-order valence-corrected chi connectivity index (χ2v) is 18.8. The van der Waals surface area contributed by atoms with Crippen LogP contribution in [-0.4, -0.2) is 37.2 Å². The first-order valence-corrected chi connectivity index (χ1v) is 28.1. The highest BCUT2D eigenvalue weighted by molar-refractivity contribution is 5.71. The minimum Gasteiger partial charge on any atom is -0.462 e. The van der Waals surface area contributed by atoms with Gasteiger partial charge in [-0.05, 0) is 57.8 Å². The Bertz CT molecular complexity index is 1140. The van der Waals surface area contributed by atoms with Crippen molar-refractivity contribution in [1.82, 2.24) is 0 Å². The van der Waals surface area contributed by atoms with Crippen LogP contribution in [0.1, 0.15) is 290 Å². The summed E-state index contributed by atoms with van der Waals surface area (Å²) in [7, 11) is 0. The van der Waals surface area contributed by atoms with Crippen molar-refractivity contribution < 1.29 is 28.6 Å². The van der Waals surface area contributed by atoms with E-state index < -0.39 is 6.10 Å². The highest BCUT2D eigenvalue weighted by Crippen LogP contribution is 2.16. The first kappa shape index (κ1) is 62.4. The summed E-state index contributed by atoms with van der Waals surface area (Å²) >= 11 is 0. The van der Waals surface area contributed by atoms with Gasteiger partial charge in [-0.2, -0.15) is 0 Å². The quantitative estimate of drug-likeness (QED) is 0.0262. The summed E-state index contributed by atoms with van der Waals surface area (Å²) < 4.78 is 16.8. The van der Waals surface area contributed by atoms with E-state index in [0.29, 0.717) is 19.3 Å². The summed E-state index contributed by atoms with van der Waals surface area (Å²) in [5.74, 6) is -0.871. The molecule has 378 valence electrons. The van der Waals surface area contributed by atoms with Crippen molar-refractivity contribution in [2.75, 3.05) is 13.2 Å². The molecule has 0 radical (unpaired) electrons. The Labute approximate surface area is 403 Å². The van der Waals surface area contributed by atoms with Crippen LogP contribution in [0.2, 0.25) is 0 Å². The van der Waals surface area contributed by atoms with Crippen molar-refractivity contribution in [2.24, 2.45) is 0 Å². The minimum absolute atomic E-state index is 0.0720. The highest BCUT2D eigenvalue weighted by Gasteiger charge is 2.19. The van der Waals surface area contributed by atoms with Crippen molar-refractivity contribution >= 4 is 17.9 Å². The third-order valence-electron chi connectivity index (χ3n) is 12.3. The van der Waals surface area contributed by atoms with Crippen LogP contribution in [0, 0.1) is 0 Å². The fourth-order valence-corrected chi connectivity index (χ4v) is 8.14. The van der Waals surface area contributed by atoms with Gasteiger partial charge in [0.2, 0.25) is 0 Å². The number of hydrogen-bond acceptors (Lipinski definition) is 6. The maximum atomic E-state index is 12.8. The van der Waals surface area contributed by atoms with Crippen LogP contribution in [0.25, 0.3) is 0 Å². The first-order valence-electron chi connectivity index (χ1n) is 28.1. The van der Waals surface area contributed by atoms with Crippen LogP contribution >= 0.6 is 0 Å². The monoisotopic (exact) mass is 911 g/mol. The van der Waals surface area contributed by atoms with Crippen LogP contribution in [0.15, 0.2) is 48.6 Å². The molecule has 1 unspecified atom stereocenters. The van der Waals surface area contributed by atoms with Crippen molar-refractivity contribution in [3.63, 3.8) is 0 Å². The molecule has 0 aromatic rings. The van der Waals surface area contributed by atoms with Gasteiger partial charge in [0, 0.05) is 19.3 Å². The fraction of sp³-hybridized carbons (Fsp3) is 0.814. The Balaban J connectivity index is 4.23. The second-order valence-electron chi connectivity index (χ2n) is 18.8. The van der Waals surface area contributed by atoms with Gasteiger partial charge in [0.25, 0.3) is 0 Å². The van der Waals surface area contributed by atoms with E-state index in [1.807, 2.05) is 0 Å². The maximum Gasteiger partial charge on any atom is 0.306 e. The number of esters is 3.